The summed E-state index contributed by atoms with van der Waals surface area (Å²) in [4.78, 5) is 71.5. The number of phosphoric ester groups is 2. The molecular formula is C24H36N10O19P3+. The van der Waals surface area contributed by atoms with E-state index < -0.39 is 96.9 Å². The van der Waals surface area contributed by atoms with E-state index in [9.17, 15) is 53.3 Å². The fraction of sp³-hybridized carbons (Fsp3) is 0.583. The lowest BCUT2D eigenvalue weighted by molar-refractivity contribution is -0.746. The number of hydrogen-bond acceptors (Lipinski definition) is 21. The highest BCUT2D eigenvalue weighted by atomic mass is 31.3. The third kappa shape index (κ3) is 8.79. The Bertz CT molecular complexity index is 2350. The Morgan fingerprint density at radius 2 is 1.48 bits per heavy atom. The van der Waals surface area contributed by atoms with E-state index >= 15 is 0 Å². The standard InChI is InChI=1S/C24H35N10O19P3/c1-32-8-34(18-12(32)20(39)31-24(26)29-18)22-16(47-4-3-46-2)14(36)10(51-22)6-49-55(42,43)53-56(44,45)52-54(40,41)48-5-9-13(35)15(37)21(50-9)33-7-27-11-17(33)28-23(25)30-19(11)38/h7-10,13-16,21-22,35-37H,3-6H2,1-2H3,(H8-,25,26,28,29,30,31,38,39,40,41,42,43,44,45)/p+1/t9-,10-,13-,14-,15-,16+,21-,22-/m1/s1. The van der Waals surface area contributed by atoms with Gasteiger partial charge in [0.1, 0.15) is 36.6 Å². The largest absolute Gasteiger partial charge is 0.490 e. The smallest absolute Gasteiger partial charge is 0.387 e. The van der Waals surface area contributed by atoms with Crippen LogP contribution in [0.25, 0.3) is 22.3 Å². The fourth-order valence-corrected chi connectivity index (χ4v) is 9.39. The van der Waals surface area contributed by atoms with Crippen LogP contribution in [0.2, 0.25) is 0 Å². The van der Waals surface area contributed by atoms with Crippen LogP contribution in [0.4, 0.5) is 11.9 Å². The van der Waals surface area contributed by atoms with Crippen LogP contribution in [0.3, 0.4) is 0 Å². The van der Waals surface area contributed by atoms with Gasteiger partial charge in [-0.25, -0.2) is 23.2 Å². The number of H-pyrrole nitrogens is 2. The van der Waals surface area contributed by atoms with Gasteiger partial charge in [0, 0.05) is 7.11 Å². The molecule has 56 heavy (non-hydrogen) atoms. The Morgan fingerprint density at radius 3 is 2.12 bits per heavy atom. The second kappa shape index (κ2) is 16.0. The number of aliphatic hydroxyl groups is 3. The first-order valence-electron chi connectivity index (χ1n) is 15.8. The topological polar surface area (TPSA) is 417 Å². The molecule has 29 nitrogen and oxygen atoms in total. The van der Waals surface area contributed by atoms with Crippen molar-refractivity contribution in [1.29, 1.82) is 0 Å². The van der Waals surface area contributed by atoms with E-state index in [-0.39, 0.29) is 47.4 Å². The molecule has 0 bridgehead atoms. The number of fused-ring (bicyclic) bond motifs is 2. The Kier molecular flexibility index (Phi) is 12.0. The van der Waals surface area contributed by atoms with E-state index in [4.69, 9.17) is 34.9 Å². The molecule has 11 atom stereocenters. The van der Waals surface area contributed by atoms with Crippen LogP contribution in [0.1, 0.15) is 12.5 Å². The van der Waals surface area contributed by atoms with E-state index in [1.165, 1.54) is 29.6 Å². The molecule has 32 heteroatoms. The molecular weight excluding hydrogens is 825 g/mol. The average Bonchev–Trinajstić information content (AvgIpc) is 3.81. The first kappa shape index (κ1) is 42.0. The second-order valence-electron chi connectivity index (χ2n) is 12.1. The highest BCUT2D eigenvalue weighted by Crippen LogP contribution is 2.67. The zero-order valence-electron chi connectivity index (χ0n) is 28.8. The van der Waals surface area contributed by atoms with Gasteiger partial charge >= 0.3 is 29.1 Å². The van der Waals surface area contributed by atoms with Crippen molar-refractivity contribution in [3.63, 3.8) is 0 Å². The molecule has 0 aliphatic carbocycles. The molecule has 6 rings (SSSR count). The molecule has 3 unspecified atom stereocenters. The number of hydrogen-bond donors (Lipinski definition) is 10. The second-order valence-corrected chi connectivity index (χ2v) is 16.8. The Balaban J connectivity index is 1.07. The van der Waals surface area contributed by atoms with Gasteiger partial charge in [-0.2, -0.15) is 13.6 Å². The molecule has 2 aliphatic heterocycles. The molecule has 310 valence electrons. The molecule has 2 saturated heterocycles. The number of anilines is 2. The highest BCUT2D eigenvalue weighted by Gasteiger charge is 2.51. The predicted molar refractivity (Wildman–Crippen MR) is 180 cm³/mol. The normalized spacial score (nSPS) is 28.8. The number of aromatic nitrogens is 8. The van der Waals surface area contributed by atoms with E-state index in [2.05, 4.69) is 38.1 Å². The fourth-order valence-electron chi connectivity index (χ4n) is 5.87. The predicted octanol–water partition coefficient (Wildman–Crippen LogP) is -3.88. The third-order valence-corrected chi connectivity index (χ3v) is 12.5. The van der Waals surface area contributed by atoms with Crippen molar-refractivity contribution in [3.8, 4) is 0 Å². The number of phosphoric acid groups is 3. The Labute approximate surface area is 311 Å². The molecule has 0 saturated carbocycles. The van der Waals surface area contributed by atoms with Crippen molar-refractivity contribution in [1.82, 2.24) is 34.1 Å². The van der Waals surface area contributed by atoms with Gasteiger partial charge in [-0.15, -0.1) is 0 Å². The van der Waals surface area contributed by atoms with Gasteiger partial charge in [0.25, 0.3) is 17.1 Å². The van der Waals surface area contributed by atoms with Crippen LogP contribution in [-0.4, -0.2) is 134 Å². The number of aromatic amines is 2. The number of nitrogens with one attached hydrogen (secondary N) is 2. The number of imidazole rings is 2. The molecule has 0 spiro atoms. The molecule has 0 aromatic carbocycles. The molecule has 12 N–H and O–H groups in total. The Hall–Kier alpha value is -3.57. The summed E-state index contributed by atoms with van der Waals surface area (Å²) in [6.45, 7) is -2.11. The quantitative estimate of drug-likeness (QED) is 0.0293. The molecule has 6 heterocycles. The summed E-state index contributed by atoms with van der Waals surface area (Å²) in [6, 6.07) is 0. The number of nitrogens with two attached hydrogens (primary N) is 2. The SMILES string of the molecule is COCCO[C@H]1[C@H](O)[C@@H](COP(=O)(O)OP(=O)(O)OP(=O)(O)OC[C@H]2O[C@@H](n3cnc4c(=O)[nH]c(N)nc43)[C@H](O)[C@@H]2O)O[C@H]1[n+]1cn(C)c2c(=O)[nH]c(N)nc21. The molecule has 2 fully saturated rings. The van der Waals surface area contributed by atoms with E-state index in [1.54, 1.807) is 0 Å². The number of nitrogen functional groups attached to an aromatic ring is 2. The van der Waals surface area contributed by atoms with Crippen LogP contribution in [0, 0.1) is 0 Å². The minimum atomic E-state index is -6.01. The number of ether oxygens (including phenoxy) is 4. The number of nitrogens with zero attached hydrogens (tertiary/aromatic N) is 6. The highest BCUT2D eigenvalue weighted by molar-refractivity contribution is 7.66. The van der Waals surface area contributed by atoms with E-state index in [0.717, 1.165) is 10.9 Å². The van der Waals surface area contributed by atoms with Crippen LogP contribution < -0.4 is 27.2 Å². The lowest BCUT2D eigenvalue weighted by Gasteiger charge is -2.21. The third-order valence-electron chi connectivity index (χ3n) is 8.25. The van der Waals surface area contributed by atoms with Gasteiger partial charge in [0.15, 0.2) is 23.7 Å². The zero-order chi connectivity index (χ0) is 40.9. The molecule has 4 aromatic rings. The lowest BCUT2D eigenvalue weighted by atomic mass is 10.1. The lowest BCUT2D eigenvalue weighted by Crippen LogP contribution is -2.47. The first-order chi connectivity index (χ1) is 26.2. The Morgan fingerprint density at radius 1 is 0.875 bits per heavy atom. The van der Waals surface area contributed by atoms with Crippen LogP contribution in [0.15, 0.2) is 22.2 Å². The summed E-state index contributed by atoms with van der Waals surface area (Å²) in [7, 11) is -14.5. The summed E-state index contributed by atoms with van der Waals surface area (Å²) in [5.74, 6) is -0.552. The van der Waals surface area contributed by atoms with Gasteiger partial charge in [-0.1, -0.05) is 4.98 Å². The minimum Gasteiger partial charge on any atom is -0.387 e. The average molecular weight is 862 g/mol. The van der Waals surface area contributed by atoms with Crippen LogP contribution in [-0.2, 0) is 57.4 Å². The van der Waals surface area contributed by atoms with Gasteiger partial charge in [0.05, 0.1) is 39.8 Å². The van der Waals surface area contributed by atoms with Gasteiger partial charge in [-0.3, -0.25) is 37.7 Å². The molecule has 0 amide bonds. The monoisotopic (exact) mass is 861 g/mol. The first-order valence-corrected chi connectivity index (χ1v) is 20.3. The van der Waals surface area contributed by atoms with Crippen molar-refractivity contribution in [2.75, 3.05) is 45.0 Å². The van der Waals surface area contributed by atoms with Crippen molar-refractivity contribution >= 4 is 57.7 Å². The maximum Gasteiger partial charge on any atom is 0.490 e. The summed E-state index contributed by atoms with van der Waals surface area (Å²) in [6.07, 6.45) is -9.94. The van der Waals surface area contributed by atoms with Gasteiger partial charge < -0.3 is 60.4 Å². The maximum atomic E-state index is 12.7. The van der Waals surface area contributed by atoms with Crippen LogP contribution in [0.5, 0.6) is 0 Å². The van der Waals surface area contributed by atoms with Crippen molar-refractivity contribution in [3.05, 3.63) is 33.4 Å². The van der Waals surface area contributed by atoms with Crippen molar-refractivity contribution < 1.29 is 84.9 Å². The molecule has 0 radical (unpaired) electrons. The van der Waals surface area contributed by atoms with Gasteiger partial charge in [-0.05, 0) is 0 Å². The number of aliphatic hydroxyl groups excluding tert-OH is 3. The summed E-state index contributed by atoms with van der Waals surface area (Å²) in [5, 5.41) is 32.1. The summed E-state index contributed by atoms with van der Waals surface area (Å²) >= 11 is 0. The minimum absolute atomic E-state index is 0.00979. The molecule has 2 aliphatic rings. The van der Waals surface area contributed by atoms with Gasteiger partial charge in [0.2, 0.25) is 17.7 Å². The number of rotatable bonds is 16. The van der Waals surface area contributed by atoms with E-state index in [0.29, 0.717) is 0 Å². The number of aryl methyl sites for hydroxylation is 1. The molecule has 4 aromatic heterocycles. The number of methoxy groups -OCH3 is 1. The van der Waals surface area contributed by atoms with Crippen LogP contribution >= 0.6 is 23.5 Å². The maximum absolute atomic E-state index is 12.7. The summed E-state index contributed by atoms with van der Waals surface area (Å²) in [5.41, 5.74) is 9.68. The van der Waals surface area contributed by atoms with E-state index in [1.807, 2.05) is 0 Å². The zero-order valence-corrected chi connectivity index (χ0v) is 31.5. The van der Waals surface area contributed by atoms with Crippen molar-refractivity contribution in [2.24, 2.45) is 7.05 Å². The summed E-state index contributed by atoms with van der Waals surface area (Å²) < 4.78 is 81.2. The van der Waals surface area contributed by atoms with Crippen molar-refractivity contribution in [2.45, 2.75) is 49.1 Å².